The van der Waals surface area contributed by atoms with Gasteiger partial charge in [-0.05, 0) is 25.0 Å². The molecule has 1 fully saturated rings. The van der Waals surface area contributed by atoms with Gasteiger partial charge < -0.3 is 15.7 Å². The minimum Gasteiger partial charge on any atom is -0.480 e. The van der Waals surface area contributed by atoms with Crippen LogP contribution in [-0.4, -0.2) is 40.7 Å². The Morgan fingerprint density at radius 3 is 2.30 bits per heavy atom. The van der Waals surface area contributed by atoms with Gasteiger partial charge in [-0.3, -0.25) is 0 Å². The van der Waals surface area contributed by atoms with E-state index >= 15 is 0 Å². The van der Waals surface area contributed by atoms with Gasteiger partial charge in [-0.2, -0.15) is 11.8 Å². The zero-order valence-electron chi connectivity index (χ0n) is 12.6. The van der Waals surface area contributed by atoms with E-state index in [-0.39, 0.29) is 16.7 Å². The maximum absolute atomic E-state index is 11.9. The largest absolute Gasteiger partial charge is 0.480 e. The molecule has 0 heterocycles. The molecule has 116 valence electrons. The summed E-state index contributed by atoms with van der Waals surface area (Å²) in [4.78, 5) is 22.9. The van der Waals surface area contributed by atoms with Crippen molar-refractivity contribution in [1.29, 1.82) is 0 Å². The highest BCUT2D eigenvalue weighted by Gasteiger charge is 2.32. The molecule has 1 aliphatic carbocycles. The summed E-state index contributed by atoms with van der Waals surface area (Å²) < 4.78 is 0.117. The van der Waals surface area contributed by atoms with Crippen molar-refractivity contribution in [2.45, 2.75) is 56.7 Å². The predicted molar refractivity (Wildman–Crippen MR) is 82.1 cm³/mol. The Kier molecular flexibility index (Phi) is 6.65. The van der Waals surface area contributed by atoms with Crippen molar-refractivity contribution in [2.75, 3.05) is 12.8 Å². The number of carboxylic acid groups (broad SMARTS) is 1. The maximum atomic E-state index is 11.9. The minimum absolute atomic E-state index is 0.117. The highest BCUT2D eigenvalue weighted by Crippen LogP contribution is 2.37. The predicted octanol–water partition coefficient (Wildman–Crippen LogP) is 2.46. The second kappa shape index (κ2) is 7.76. The lowest BCUT2D eigenvalue weighted by Gasteiger charge is -2.36. The third kappa shape index (κ3) is 4.89. The van der Waals surface area contributed by atoms with E-state index in [1.165, 1.54) is 19.3 Å². The summed E-state index contributed by atoms with van der Waals surface area (Å²) in [6.07, 6.45) is 7.98. The number of hydrogen-bond acceptors (Lipinski definition) is 3. The second-order valence-electron chi connectivity index (χ2n) is 5.83. The van der Waals surface area contributed by atoms with Gasteiger partial charge in [-0.15, -0.1) is 0 Å². The molecule has 0 aromatic carbocycles. The summed E-state index contributed by atoms with van der Waals surface area (Å²) in [5.41, 5.74) is 0. The van der Waals surface area contributed by atoms with Crippen LogP contribution in [0.2, 0.25) is 0 Å². The van der Waals surface area contributed by atoms with Crippen LogP contribution in [-0.2, 0) is 4.79 Å². The highest BCUT2D eigenvalue weighted by molar-refractivity contribution is 8.00. The molecule has 1 rings (SSSR count). The lowest BCUT2D eigenvalue weighted by molar-refractivity contribution is -0.140. The molecular formula is C14H26N2O3S. The monoisotopic (exact) mass is 302 g/mol. The molecule has 0 aromatic heterocycles. The van der Waals surface area contributed by atoms with E-state index in [1.807, 2.05) is 11.8 Å². The molecule has 6 heteroatoms. The minimum atomic E-state index is -0.993. The molecular weight excluding hydrogens is 276 g/mol. The standard InChI is InChI=1S/C14H26N2O3S/c1-10(2)11(12(17)18)16-13(19)15-9-14(20-3)7-5-4-6-8-14/h10-11H,4-9H2,1-3H3,(H,17,18)(H2,15,16,19)/t11-/m1/s1. The van der Waals surface area contributed by atoms with Crippen LogP contribution in [0.5, 0.6) is 0 Å². The fourth-order valence-electron chi connectivity index (χ4n) is 2.60. The summed E-state index contributed by atoms with van der Waals surface area (Å²) in [5.74, 6) is -1.13. The number of rotatable bonds is 6. The lowest BCUT2D eigenvalue weighted by Crippen LogP contribution is -2.51. The first-order chi connectivity index (χ1) is 9.40. The lowest BCUT2D eigenvalue weighted by atomic mass is 9.88. The van der Waals surface area contributed by atoms with Crippen molar-refractivity contribution in [1.82, 2.24) is 10.6 Å². The van der Waals surface area contributed by atoms with Gasteiger partial charge in [0.05, 0.1) is 0 Å². The van der Waals surface area contributed by atoms with Crippen LogP contribution in [0.15, 0.2) is 0 Å². The van der Waals surface area contributed by atoms with Crippen molar-refractivity contribution in [3.63, 3.8) is 0 Å². The van der Waals surface area contributed by atoms with Crippen LogP contribution in [0.1, 0.15) is 46.0 Å². The van der Waals surface area contributed by atoms with Gasteiger partial charge >= 0.3 is 12.0 Å². The normalized spacial score (nSPS) is 19.4. The highest BCUT2D eigenvalue weighted by atomic mass is 32.2. The number of carboxylic acids is 1. The van der Waals surface area contributed by atoms with Gasteiger partial charge in [0, 0.05) is 11.3 Å². The first-order valence-electron chi connectivity index (χ1n) is 7.22. The van der Waals surface area contributed by atoms with Gasteiger partial charge in [0.15, 0.2) is 0 Å². The average molecular weight is 302 g/mol. The summed E-state index contributed by atoms with van der Waals surface area (Å²) in [6, 6.07) is -1.23. The maximum Gasteiger partial charge on any atom is 0.326 e. The molecule has 0 spiro atoms. The quantitative estimate of drug-likeness (QED) is 0.704. The zero-order valence-corrected chi connectivity index (χ0v) is 13.4. The number of urea groups is 1. The second-order valence-corrected chi connectivity index (χ2v) is 7.11. The molecule has 3 N–H and O–H groups in total. The smallest absolute Gasteiger partial charge is 0.326 e. The molecule has 0 saturated heterocycles. The molecule has 0 unspecified atom stereocenters. The van der Waals surface area contributed by atoms with Crippen molar-refractivity contribution in [3.05, 3.63) is 0 Å². The van der Waals surface area contributed by atoms with E-state index in [0.29, 0.717) is 6.54 Å². The molecule has 1 saturated carbocycles. The van der Waals surface area contributed by atoms with Gasteiger partial charge in [0.1, 0.15) is 6.04 Å². The van der Waals surface area contributed by atoms with Crippen molar-refractivity contribution < 1.29 is 14.7 Å². The number of amides is 2. The van der Waals surface area contributed by atoms with Gasteiger partial charge in [-0.1, -0.05) is 33.1 Å². The topological polar surface area (TPSA) is 78.4 Å². The van der Waals surface area contributed by atoms with Crippen LogP contribution in [0.3, 0.4) is 0 Å². The molecule has 1 aliphatic rings. The Morgan fingerprint density at radius 2 is 1.85 bits per heavy atom. The molecule has 20 heavy (non-hydrogen) atoms. The zero-order chi connectivity index (χ0) is 15.2. The van der Waals surface area contributed by atoms with E-state index in [0.717, 1.165) is 12.8 Å². The van der Waals surface area contributed by atoms with Crippen LogP contribution < -0.4 is 10.6 Å². The molecule has 0 aromatic rings. The Balaban J connectivity index is 2.47. The Morgan fingerprint density at radius 1 is 1.25 bits per heavy atom. The summed E-state index contributed by atoms with van der Waals surface area (Å²) in [6.45, 7) is 4.16. The van der Waals surface area contributed by atoms with Crippen molar-refractivity contribution in [2.24, 2.45) is 5.92 Å². The third-order valence-electron chi connectivity index (χ3n) is 3.99. The van der Waals surface area contributed by atoms with Crippen molar-refractivity contribution in [3.8, 4) is 0 Å². The van der Waals surface area contributed by atoms with Crippen molar-refractivity contribution >= 4 is 23.8 Å². The van der Waals surface area contributed by atoms with Crippen LogP contribution in [0, 0.1) is 5.92 Å². The van der Waals surface area contributed by atoms with Gasteiger partial charge in [0.2, 0.25) is 0 Å². The molecule has 2 amide bonds. The molecule has 0 bridgehead atoms. The number of carbonyl (C=O) groups is 2. The van der Waals surface area contributed by atoms with E-state index in [1.54, 1.807) is 13.8 Å². The van der Waals surface area contributed by atoms with E-state index < -0.39 is 12.0 Å². The van der Waals surface area contributed by atoms with E-state index in [4.69, 9.17) is 5.11 Å². The SMILES string of the molecule is CSC1(CNC(=O)N[C@@H](C(=O)O)C(C)C)CCCCC1. The number of thioether (sulfide) groups is 1. The van der Waals surface area contributed by atoms with E-state index in [2.05, 4.69) is 16.9 Å². The summed E-state index contributed by atoms with van der Waals surface area (Å²) in [5, 5.41) is 14.4. The average Bonchev–Trinajstić information content (AvgIpc) is 2.43. The number of nitrogens with one attached hydrogen (secondary N) is 2. The first-order valence-corrected chi connectivity index (χ1v) is 8.45. The Bertz CT molecular complexity index is 341. The van der Waals surface area contributed by atoms with Crippen LogP contribution in [0.25, 0.3) is 0 Å². The Labute approximate surface area is 125 Å². The number of hydrogen-bond donors (Lipinski definition) is 3. The molecule has 5 nitrogen and oxygen atoms in total. The van der Waals surface area contributed by atoms with E-state index in [9.17, 15) is 9.59 Å². The first kappa shape index (κ1) is 17.1. The Hall–Kier alpha value is -0.910. The van der Waals surface area contributed by atoms with Gasteiger partial charge in [-0.25, -0.2) is 9.59 Å². The fourth-order valence-corrected chi connectivity index (χ4v) is 3.51. The molecule has 0 aliphatic heterocycles. The third-order valence-corrected chi connectivity index (χ3v) is 5.41. The fraction of sp³-hybridized carbons (Fsp3) is 0.857. The number of aliphatic carboxylic acids is 1. The summed E-state index contributed by atoms with van der Waals surface area (Å²) in [7, 11) is 0. The van der Waals surface area contributed by atoms with Gasteiger partial charge in [0.25, 0.3) is 0 Å². The summed E-state index contributed by atoms with van der Waals surface area (Å²) >= 11 is 1.81. The van der Waals surface area contributed by atoms with Crippen LogP contribution >= 0.6 is 11.8 Å². The number of carbonyl (C=O) groups excluding carboxylic acids is 1. The molecule has 1 atom stereocenters. The molecule has 0 radical (unpaired) electrons. The van der Waals surface area contributed by atoms with Crippen LogP contribution in [0.4, 0.5) is 4.79 Å².